The molecular weight excluding hydrogens is 341 g/mol. The molecule has 0 atom stereocenters. The molecule has 3 nitrogen and oxygen atoms in total. The Morgan fingerprint density at radius 3 is 2.23 bits per heavy atom. The Bertz CT molecular complexity index is 756. The molecule has 2 rings (SSSR count). The first-order valence-electron chi connectivity index (χ1n) is 6.83. The van der Waals surface area contributed by atoms with E-state index in [9.17, 15) is 8.42 Å². The molecule has 22 heavy (non-hydrogen) atoms. The number of sulfonamides is 1. The predicted molar refractivity (Wildman–Crippen MR) is 91.0 cm³/mol. The van der Waals surface area contributed by atoms with Crippen LogP contribution in [0.5, 0.6) is 0 Å². The number of hydrogen-bond donors (Lipinski definition) is 1. The van der Waals surface area contributed by atoms with Crippen LogP contribution in [0.15, 0.2) is 47.4 Å². The molecule has 0 aliphatic heterocycles. The van der Waals surface area contributed by atoms with Crippen molar-refractivity contribution in [3.05, 3.63) is 63.6 Å². The Kier molecular flexibility index (Phi) is 5.50. The molecule has 0 saturated heterocycles. The largest absolute Gasteiger partial charge is 0.240 e. The van der Waals surface area contributed by atoms with Crippen molar-refractivity contribution in [1.82, 2.24) is 4.72 Å². The van der Waals surface area contributed by atoms with E-state index in [-0.39, 0.29) is 11.4 Å². The van der Waals surface area contributed by atoms with Gasteiger partial charge in [-0.2, -0.15) is 0 Å². The first kappa shape index (κ1) is 17.3. The smallest absolute Gasteiger partial charge is 0.207 e. The molecule has 0 radical (unpaired) electrons. The van der Waals surface area contributed by atoms with Crippen molar-refractivity contribution in [2.45, 2.75) is 31.2 Å². The molecule has 0 bridgehead atoms. The molecule has 0 amide bonds. The van der Waals surface area contributed by atoms with Crippen LogP contribution in [-0.4, -0.2) is 8.42 Å². The van der Waals surface area contributed by atoms with E-state index in [0.29, 0.717) is 21.5 Å². The van der Waals surface area contributed by atoms with Gasteiger partial charge >= 0.3 is 0 Å². The van der Waals surface area contributed by atoms with Crippen molar-refractivity contribution in [1.29, 1.82) is 0 Å². The third kappa shape index (κ3) is 4.23. The summed E-state index contributed by atoms with van der Waals surface area (Å²) in [4.78, 5) is 0.238. The fraction of sp³-hybridized carbons (Fsp3) is 0.250. The highest BCUT2D eigenvalue weighted by molar-refractivity contribution is 7.89. The normalized spacial score (nSPS) is 11.9. The minimum Gasteiger partial charge on any atom is -0.207 e. The maximum atomic E-state index is 12.3. The fourth-order valence-corrected chi connectivity index (χ4v) is 3.43. The zero-order valence-electron chi connectivity index (χ0n) is 12.3. The summed E-state index contributed by atoms with van der Waals surface area (Å²) in [5.74, 6) is 0.359. The molecular formula is C16H17Cl2NO2S. The molecule has 0 unspecified atom stereocenters. The Morgan fingerprint density at radius 1 is 1.05 bits per heavy atom. The lowest BCUT2D eigenvalue weighted by atomic mass is 10.0. The maximum absolute atomic E-state index is 12.3. The van der Waals surface area contributed by atoms with Gasteiger partial charge in [0, 0.05) is 16.6 Å². The average molecular weight is 358 g/mol. The van der Waals surface area contributed by atoms with Gasteiger partial charge in [-0.1, -0.05) is 55.2 Å². The Morgan fingerprint density at radius 2 is 1.68 bits per heavy atom. The van der Waals surface area contributed by atoms with E-state index in [4.69, 9.17) is 23.2 Å². The Labute approximate surface area is 141 Å². The number of nitrogens with one attached hydrogen (secondary N) is 1. The van der Waals surface area contributed by atoms with Gasteiger partial charge in [-0.05, 0) is 41.3 Å². The van der Waals surface area contributed by atoms with Gasteiger partial charge in [-0.25, -0.2) is 13.1 Å². The highest BCUT2D eigenvalue weighted by Gasteiger charge is 2.14. The topological polar surface area (TPSA) is 46.2 Å². The van der Waals surface area contributed by atoms with Gasteiger partial charge in [0.1, 0.15) is 0 Å². The van der Waals surface area contributed by atoms with Crippen LogP contribution >= 0.6 is 23.2 Å². The summed E-state index contributed by atoms with van der Waals surface area (Å²) in [5.41, 5.74) is 1.77. The predicted octanol–water partition coefficient (Wildman–Crippen LogP) is 4.60. The lowest BCUT2D eigenvalue weighted by molar-refractivity contribution is 0.581. The summed E-state index contributed by atoms with van der Waals surface area (Å²) in [5, 5.41) is 0.950. The summed E-state index contributed by atoms with van der Waals surface area (Å²) >= 11 is 11.9. The van der Waals surface area contributed by atoms with E-state index >= 15 is 0 Å². The van der Waals surface area contributed by atoms with Crippen LogP contribution in [0.1, 0.15) is 30.9 Å². The minimum absolute atomic E-state index is 0.115. The van der Waals surface area contributed by atoms with Crippen LogP contribution in [0, 0.1) is 0 Å². The van der Waals surface area contributed by atoms with Crippen LogP contribution in [0.25, 0.3) is 0 Å². The highest BCUT2D eigenvalue weighted by atomic mass is 35.5. The van der Waals surface area contributed by atoms with Gasteiger partial charge in [0.2, 0.25) is 10.0 Å². The molecule has 1 N–H and O–H groups in total. The number of hydrogen-bond acceptors (Lipinski definition) is 2. The first-order chi connectivity index (χ1) is 10.3. The van der Waals surface area contributed by atoms with E-state index in [1.807, 2.05) is 12.1 Å². The van der Waals surface area contributed by atoms with E-state index in [0.717, 1.165) is 5.56 Å². The monoisotopic (exact) mass is 357 g/mol. The summed E-state index contributed by atoms with van der Waals surface area (Å²) in [6.45, 7) is 4.23. The number of benzene rings is 2. The van der Waals surface area contributed by atoms with Crippen molar-refractivity contribution in [3.8, 4) is 0 Å². The van der Waals surface area contributed by atoms with E-state index in [1.54, 1.807) is 30.3 Å². The molecule has 118 valence electrons. The second-order valence-electron chi connectivity index (χ2n) is 5.28. The van der Waals surface area contributed by atoms with E-state index < -0.39 is 10.0 Å². The highest BCUT2D eigenvalue weighted by Crippen LogP contribution is 2.22. The zero-order chi connectivity index (χ0) is 16.3. The van der Waals surface area contributed by atoms with Gasteiger partial charge in [0.15, 0.2) is 0 Å². The molecule has 0 aliphatic carbocycles. The molecule has 6 heteroatoms. The maximum Gasteiger partial charge on any atom is 0.240 e. The molecule has 0 saturated carbocycles. The standard InChI is InChI=1S/C16H17Cl2NO2S/c1-11(2)12-4-7-15(8-5-12)22(20,21)19-10-13-3-6-14(17)9-16(13)18/h3-9,11,19H,10H2,1-2H3. The molecule has 0 aromatic heterocycles. The van der Waals surface area contributed by atoms with Crippen LogP contribution < -0.4 is 4.72 Å². The van der Waals surface area contributed by atoms with Gasteiger partial charge in [-0.15, -0.1) is 0 Å². The van der Waals surface area contributed by atoms with Gasteiger partial charge in [-0.3, -0.25) is 0 Å². The lowest BCUT2D eigenvalue weighted by Crippen LogP contribution is -2.23. The molecule has 2 aromatic carbocycles. The van der Waals surface area contributed by atoms with Crippen LogP contribution in [-0.2, 0) is 16.6 Å². The van der Waals surface area contributed by atoms with Crippen molar-refractivity contribution < 1.29 is 8.42 Å². The summed E-state index contributed by atoms with van der Waals surface area (Å²) < 4.78 is 27.1. The Hall–Kier alpha value is -1.07. The van der Waals surface area contributed by atoms with Crippen LogP contribution in [0.4, 0.5) is 0 Å². The lowest BCUT2D eigenvalue weighted by Gasteiger charge is -2.10. The molecule has 0 fully saturated rings. The molecule has 0 aliphatic rings. The number of rotatable bonds is 5. The molecule has 0 spiro atoms. The van der Waals surface area contributed by atoms with Crippen LogP contribution in [0.3, 0.4) is 0 Å². The van der Waals surface area contributed by atoms with Gasteiger partial charge in [0.25, 0.3) is 0 Å². The summed E-state index contributed by atoms with van der Waals surface area (Å²) in [6, 6.07) is 11.8. The zero-order valence-corrected chi connectivity index (χ0v) is 14.6. The SMILES string of the molecule is CC(C)c1ccc(S(=O)(=O)NCc2ccc(Cl)cc2Cl)cc1. The number of halogens is 2. The quantitative estimate of drug-likeness (QED) is 0.849. The molecule has 2 aromatic rings. The minimum atomic E-state index is -3.57. The van der Waals surface area contributed by atoms with E-state index in [2.05, 4.69) is 18.6 Å². The third-order valence-corrected chi connectivity index (χ3v) is 5.33. The summed E-state index contributed by atoms with van der Waals surface area (Å²) in [7, 11) is -3.57. The van der Waals surface area contributed by atoms with Crippen molar-refractivity contribution in [2.75, 3.05) is 0 Å². The van der Waals surface area contributed by atoms with Crippen LogP contribution in [0.2, 0.25) is 10.0 Å². The average Bonchev–Trinajstić information content (AvgIpc) is 2.46. The second kappa shape index (κ2) is 7.01. The van der Waals surface area contributed by atoms with Crippen molar-refractivity contribution in [2.24, 2.45) is 0 Å². The second-order valence-corrected chi connectivity index (χ2v) is 7.89. The fourth-order valence-electron chi connectivity index (χ4n) is 1.95. The molecule has 0 heterocycles. The van der Waals surface area contributed by atoms with Gasteiger partial charge < -0.3 is 0 Å². The van der Waals surface area contributed by atoms with Gasteiger partial charge in [0.05, 0.1) is 4.90 Å². The summed E-state index contributed by atoms with van der Waals surface area (Å²) in [6.07, 6.45) is 0. The van der Waals surface area contributed by atoms with Crippen molar-refractivity contribution in [3.63, 3.8) is 0 Å². The van der Waals surface area contributed by atoms with E-state index in [1.165, 1.54) is 0 Å². The third-order valence-electron chi connectivity index (χ3n) is 3.32. The first-order valence-corrected chi connectivity index (χ1v) is 9.07. The Balaban J connectivity index is 2.13. The van der Waals surface area contributed by atoms with Crippen molar-refractivity contribution >= 4 is 33.2 Å².